The van der Waals surface area contributed by atoms with E-state index < -0.39 is 10.1 Å². The molecule has 0 saturated carbocycles. The van der Waals surface area contributed by atoms with Crippen molar-refractivity contribution in [2.75, 3.05) is 7.11 Å². The van der Waals surface area contributed by atoms with E-state index >= 15 is 0 Å². The molecule has 0 aromatic heterocycles. The van der Waals surface area contributed by atoms with Crippen LogP contribution in [0.4, 0.5) is 4.39 Å². The van der Waals surface area contributed by atoms with Crippen molar-refractivity contribution in [3.8, 4) is 5.75 Å². The standard InChI is InChI=1S/C16H16FNO4S/c1-3-16(12-4-6-13(17)7-5-12)18-22-23(19,20)15-10-8-14(21-2)9-11-15/h4-11H,3H2,1-2H3. The SMILES string of the molecule is CCC(=NOS(=O)(=O)c1ccc(OC)cc1)c1ccc(F)cc1. The van der Waals surface area contributed by atoms with Crippen LogP contribution in [0.5, 0.6) is 5.75 Å². The van der Waals surface area contributed by atoms with E-state index in [1.54, 1.807) is 6.92 Å². The van der Waals surface area contributed by atoms with E-state index in [9.17, 15) is 12.8 Å². The summed E-state index contributed by atoms with van der Waals surface area (Å²) in [7, 11) is -2.54. The van der Waals surface area contributed by atoms with Gasteiger partial charge < -0.3 is 4.74 Å². The van der Waals surface area contributed by atoms with Crippen molar-refractivity contribution in [1.29, 1.82) is 0 Å². The van der Waals surface area contributed by atoms with Crippen molar-refractivity contribution in [1.82, 2.24) is 0 Å². The molecule has 0 saturated heterocycles. The Morgan fingerprint density at radius 3 is 2.22 bits per heavy atom. The summed E-state index contributed by atoms with van der Waals surface area (Å²) in [6.45, 7) is 1.80. The van der Waals surface area contributed by atoms with Gasteiger partial charge in [0.2, 0.25) is 0 Å². The third-order valence-corrected chi connectivity index (χ3v) is 4.23. The summed E-state index contributed by atoms with van der Waals surface area (Å²) in [6, 6.07) is 11.3. The number of halogens is 1. The largest absolute Gasteiger partial charge is 0.497 e. The van der Waals surface area contributed by atoms with Crippen LogP contribution in [-0.2, 0) is 14.4 Å². The highest BCUT2D eigenvalue weighted by atomic mass is 32.2. The highest BCUT2D eigenvalue weighted by Crippen LogP contribution is 2.18. The van der Waals surface area contributed by atoms with Gasteiger partial charge >= 0.3 is 10.1 Å². The summed E-state index contributed by atoms with van der Waals surface area (Å²) in [5, 5.41) is 3.71. The normalized spacial score (nSPS) is 12.0. The second-order valence-corrected chi connectivity index (χ2v) is 6.13. The van der Waals surface area contributed by atoms with Crippen LogP contribution in [-0.4, -0.2) is 21.2 Å². The highest BCUT2D eigenvalue weighted by molar-refractivity contribution is 7.86. The third kappa shape index (κ3) is 4.29. The number of methoxy groups -OCH3 is 1. The lowest BCUT2D eigenvalue weighted by Crippen LogP contribution is -2.06. The van der Waals surface area contributed by atoms with Gasteiger partial charge in [-0.05, 0) is 48.4 Å². The van der Waals surface area contributed by atoms with Gasteiger partial charge in [0.1, 0.15) is 16.5 Å². The molecule has 0 radical (unpaired) electrons. The fraction of sp³-hybridized carbons (Fsp3) is 0.188. The first-order valence-corrected chi connectivity index (χ1v) is 8.27. The zero-order valence-corrected chi connectivity index (χ0v) is 13.5. The van der Waals surface area contributed by atoms with Gasteiger partial charge in [-0.1, -0.05) is 24.2 Å². The van der Waals surface area contributed by atoms with Crippen LogP contribution in [0.3, 0.4) is 0 Å². The number of hydrogen-bond acceptors (Lipinski definition) is 5. The minimum absolute atomic E-state index is 0.0309. The molecular formula is C16H16FNO4S. The van der Waals surface area contributed by atoms with Crippen molar-refractivity contribution in [2.45, 2.75) is 18.2 Å². The topological polar surface area (TPSA) is 65.0 Å². The zero-order chi connectivity index (χ0) is 16.9. The van der Waals surface area contributed by atoms with Crippen molar-refractivity contribution < 1.29 is 21.8 Å². The lowest BCUT2D eigenvalue weighted by atomic mass is 10.1. The number of benzene rings is 2. The number of rotatable bonds is 6. The monoisotopic (exact) mass is 337 g/mol. The molecule has 122 valence electrons. The van der Waals surface area contributed by atoms with E-state index in [1.165, 1.54) is 55.6 Å². The van der Waals surface area contributed by atoms with Gasteiger partial charge in [0, 0.05) is 0 Å². The Kier molecular flexibility index (Phi) is 5.33. The third-order valence-electron chi connectivity index (χ3n) is 3.11. The Morgan fingerprint density at radius 1 is 1.09 bits per heavy atom. The maximum atomic E-state index is 12.9. The summed E-state index contributed by atoms with van der Waals surface area (Å²) >= 11 is 0. The predicted octanol–water partition coefficient (Wildman–Crippen LogP) is 3.35. The average Bonchev–Trinajstić information content (AvgIpc) is 2.57. The van der Waals surface area contributed by atoms with Crippen LogP contribution < -0.4 is 4.74 Å². The van der Waals surface area contributed by atoms with Gasteiger partial charge in [-0.2, -0.15) is 8.42 Å². The molecule has 2 rings (SSSR count). The number of hydrogen-bond donors (Lipinski definition) is 0. The Labute approximate surface area is 134 Å². The molecule has 2 aromatic carbocycles. The first kappa shape index (κ1) is 17.0. The van der Waals surface area contributed by atoms with E-state index in [1.807, 2.05) is 0 Å². The minimum atomic E-state index is -4.02. The molecule has 0 aliphatic rings. The van der Waals surface area contributed by atoms with E-state index in [0.29, 0.717) is 23.4 Å². The molecule has 0 fully saturated rings. The van der Waals surface area contributed by atoms with E-state index in [0.717, 1.165) is 0 Å². The van der Waals surface area contributed by atoms with E-state index in [-0.39, 0.29) is 10.7 Å². The molecule has 23 heavy (non-hydrogen) atoms. The number of ether oxygens (including phenoxy) is 1. The molecule has 0 N–H and O–H groups in total. The number of oxime groups is 1. The van der Waals surface area contributed by atoms with Crippen LogP contribution in [0.15, 0.2) is 58.6 Å². The lowest BCUT2D eigenvalue weighted by molar-refractivity contribution is 0.338. The van der Waals surface area contributed by atoms with Crippen LogP contribution >= 0.6 is 0 Å². The van der Waals surface area contributed by atoms with Gasteiger partial charge in [-0.15, -0.1) is 0 Å². The molecule has 0 aliphatic carbocycles. The predicted molar refractivity (Wildman–Crippen MR) is 84.5 cm³/mol. The van der Waals surface area contributed by atoms with Gasteiger partial charge in [-0.3, -0.25) is 4.28 Å². The number of nitrogens with zero attached hydrogens (tertiary/aromatic N) is 1. The van der Waals surface area contributed by atoms with Crippen molar-refractivity contribution >= 4 is 15.8 Å². The molecule has 0 spiro atoms. The fourth-order valence-corrected chi connectivity index (χ4v) is 2.59. The molecule has 2 aromatic rings. The van der Waals surface area contributed by atoms with Crippen molar-refractivity contribution in [3.05, 3.63) is 59.9 Å². The quantitative estimate of drug-likeness (QED) is 0.599. The van der Waals surface area contributed by atoms with Gasteiger partial charge in [0.15, 0.2) is 0 Å². The lowest BCUT2D eigenvalue weighted by Gasteiger charge is -2.06. The summed E-state index contributed by atoms with van der Waals surface area (Å²) in [6.07, 6.45) is 0.434. The molecular weight excluding hydrogens is 321 g/mol. The molecule has 0 unspecified atom stereocenters. The van der Waals surface area contributed by atoms with Crippen LogP contribution in [0.2, 0.25) is 0 Å². The molecule has 7 heteroatoms. The summed E-state index contributed by atoms with van der Waals surface area (Å²) in [4.78, 5) is -0.0309. The molecule has 0 atom stereocenters. The van der Waals surface area contributed by atoms with Gasteiger partial charge in [0.05, 0.1) is 12.8 Å². The Bertz CT molecular complexity index is 784. The van der Waals surface area contributed by atoms with Gasteiger partial charge in [0.25, 0.3) is 0 Å². The van der Waals surface area contributed by atoms with Crippen LogP contribution in [0.25, 0.3) is 0 Å². The Morgan fingerprint density at radius 2 is 1.70 bits per heavy atom. The smallest absolute Gasteiger partial charge is 0.358 e. The average molecular weight is 337 g/mol. The van der Waals surface area contributed by atoms with E-state index in [4.69, 9.17) is 9.02 Å². The Hall–Kier alpha value is -2.41. The fourth-order valence-electron chi connectivity index (χ4n) is 1.84. The van der Waals surface area contributed by atoms with Gasteiger partial charge in [-0.25, -0.2) is 4.39 Å². The molecule has 0 amide bonds. The van der Waals surface area contributed by atoms with Crippen LogP contribution in [0.1, 0.15) is 18.9 Å². The summed E-state index contributed by atoms with van der Waals surface area (Å²) < 4.78 is 46.9. The van der Waals surface area contributed by atoms with E-state index in [2.05, 4.69) is 5.16 Å². The molecule has 0 heterocycles. The summed E-state index contributed by atoms with van der Waals surface area (Å²) in [5.41, 5.74) is 1.00. The first-order valence-electron chi connectivity index (χ1n) is 6.87. The first-order chi connectivity index (χ1) is 11.0. The molecule has 0 bridgehead atoms. The Balaban J connectivity index is 2.22. The zero-order valence-electron chi connectivity index (χ0n) is 12.7. The van der Waals surface area contributed by atoms with Crippen molar-refractivity contribution in [2.24, 2.45) is 5.16 Å². The molecule has 0 aliphatic heterocycles. The summed E-state index contributed by atoms with van der Waals surface area (Å²) in [5.74, 6) is 0.156. The van der Waals surface area contributed by atoms with Crippen LogP contribution in [0, 0.1) is 5.82 Å². The molecule has 5 nitrogen and oxygen atoms in total. The minimum Gasteiger partial charge on any atom is -0.497 e. The maximum Gasteiger partial charge on any atom is 0.358 e. The van der Waals surface area contributed by atoms with Crippen molar-refractivity contribution in [3.63, 3.8) is 0 Å². The highest BCUT2D eigenvalue weighted by Gasteiger charge is 2.16. The maximum absolute atomic E-state index is 12.9. The second-order valence-electron chi connectivity index (χ2n) is 4.60. The second kappa shape index (κ2) is 7.23.